The lowest BCUT2D eigenvalue weighted by atomic mass is 9.75. The van der Waals surface area contributed by atoms with Crippen LogP contribution in [0.3, 0.4) is 0 Å². The van der Waals surface area contributed by atoms with Crippen LogP contribution < -0.4 is 5.73 Å². The van der Waals surface area contributed by atoms with E-state index in [1.54, 1.807) is 4.31 Å². The van der Waals surface area contributed by atoms with Gasteiger partial charge >= 0.3 is 0 Å². The van der Waals surface area contributed by atoms with Crippen LogP contribution in [-0.4, -0.2) is 62.1 Å². The van der Waals surface area contributed by atoms with Crippen LogP contribution in [0, 0.1) is 5.92 Å². The molecule has 0 bridgehead atoms. The summed E-state index contributed by atoms with van der Waals surface area (Å²) in [5.74, 6) is 0.727. The van der Waals surface area contributed by atoms with Crippen LogP contribution in [0.4, 0.5) is 0 Å². The van der Waals surface area contributed by atoms with Gasteiger partial charge in [0.2, 0.25) is 10.0 Å². The molecule has 2 unspecified atom stereocenters. The molecule has 6 heteroatoms. The first-order valence-corrected chi connectivity index (χ1v) is 9.12. The molecule has 0 radical (unpaired) electrons. The van der Waals surface area contributed by atoms with Crippen molar-refractivity contribution in [3.63, 3.8) is 0 Å². The third kappa shape index (κ3) is 3.29. The van der Waals surface area contributed by atoms with Crippen molar-refractivity contribution < 1.29 is 8.42 Å². The topological polar surface area (TPSA) is 66.6 Å². The summed E-state index contributed by atoms with van der Waals surface area (Å²) in [6, 6.07) is 0. The summed E-state index contributed by atoms with van der Waals surface area (Å²) in [7, 11) is -3.04. The van der Waals surface area contributed by atoms with Crippen molar-refractivity contribution in [1.29, 1.82) is 0 Å². The van der Waals surface area contributed by atoms with Crippen LogP contribution >= 0.6 is 0 Å². The molecule has 1 saturated carbocycles. The van der Waals surface area contributed by atoms with Crippen LogP contribution in [0.2, 0.25) is 0 Å². The Balaban J connectivity index is 2.03. The molecule has 2 N–H and O–H groups in total. The smallest absolute Gasteiger partial charge is 0.211 e. The van der Waals surface area contributed by atoms with Crippen molar-refractivity contribution >= 4 is 10.0 Å². The number of hydrogen-bond acceptors (Lipinski definition) is 4. The number of hydrogen-bond donors (Lipinski definition) is 1. The van der Waals surface area contributed by atoms with E-state index >= 15 is 0 Å². The van der Waals surface area contributed by atoms with E-state index in [-0.39, 0.29) is 5.54 Å². The van der Waals surface area contributed by atoms with Gasteiger partial charge in [-0.05, 0) is 18.8 Å². The lowest BCUT2D eigenvalue weighted by molar-refractivity contribution is 0.0164. The molecular weight excluding hydrogens is 262 g/mol. The number of sulfonamides is 1. The Hall–Kier alpha value is -0.170. The van der Waals surface area contributed by atoms with Crippen LogP contribution in [0.5, 0.6) is 0 Å². The molecule has 1 aliphatic heterocycles. The minimum Gasteiger partial charge on any atom is -0.329 e. The van der Waals surface area contributed by atoms with Gasteiger partial charge in [0.05, 0.1) is 6.26 Å². The van der Waals surface area contributed by atoms with Gasteiger partial charge < -0.3 is 5.73 Å². The highest BCUT2D eigenvalue weighted by Crippen LogP contribution is 2.36. The van der Waals surface area contributed by atoms with Gasteiger partial charge in [0, 0.05) is 38.3 Å². The maximum atomic E-state index is 11.6. The van der Waals surface area contributed by atoms with Crippen molar-refractivity contribution in [1.82, 2.24) is 9.21 Å². The second kappa shape index (κ2) is 5.68. The molecule has 5 nitrogen and oxygen atoms in total. The molecule has 0 aromatic rings. The predicted molar refractivity (Wildman–Crippen MR) is 77.4 cm³/mol. The Bertz CT molecular complexity index is 404. The van der Waals surface area contributed by atoms with E-state index < -0.39 is 10.0 Å². The van der Waals surface area contributed by atoms with E-state index in [4.69, 9.17) is 5.73 Å². The maximum Gasteiger partial charge on any atom is 0.211 e. The van der Waals surface area contributed by atoms with Crippen molar-refractivity contribution in [2.24, 2.45) is 11.7 Å². The largest absolute Gasteiger partial charge is 0.329 e. The molecule has 1 saturated heterocycles. The molecule has 2 atom stereocenters. The van der Waals surface area contributed by atoms with Gasteiger partial charge in [-0.3, -0.25) is 4.90 Å². The summed E-state index contributed by atoms with van der Waals surface area (Å²) in [5.41, 5.74) is 6.19. The Morgan fingerprint density at radius 2 is 1.89 bits per heavy atom. The molecule has 112 valence electrons. The lowest BCUT2D eigenvalue weighted by Crippen LogP contribution is -2.62. The summed E-state index contributed by atoms with van der Waals surface area (Å²) in [6.07, 6.45) is 6.15. The average Bonchev–Trinajstić information content (AvgIpc) is 2.38. The van der Waals surface area contributed by atoms with E-state index in [9.17, 15) is 8.42 Å². The van der Waals surface area contributed by atoms with Crippen LogP contribution in [0.1, 0.15) is 32.6 Å². The summed E-state index contributed by atoms with van der Waals surface area (Å²) < 4.78 is 24.7. The fraction of sp³-hybridized carbons (Fsp3) is 1.00. The highest BCUT2D eigenvalue weighted by Gasteiger charge is 2.40. The zero-order chi connectivity index (χ0) is 14.1. The van der Waals surface area contributed by atoms with E-state index in [2.05, 4.69) is 11.8 Å². The van der Waals surface area contributed by atoms with Gasteiger partial charge in [0.15, 0.2) is 0 Å². The molecule has 0 aromatic carbocycles. The van der Waals surface area contributed by atoms with Gasteiger partial charge in [-0.15, -0.1) is 0 Å². The van der Waals surface area contributed by atoms with Crippen LogP contribution in [0.25, 0.3) is 0 Å². The molecule has 19 heavy (non-hydrogen) atoms. The number of piperazine rings is 1. The van der Waals surface area contributed by atoms with Crippen molar-refractivity contribution in [2.45, 2.75) is 38.1 Å². The van der Waals surface area contributed by atoms with Crippen LogP contribution in [0.15, 0.2) is 0 Å². The van der Waals surface area contributed by atoms with Crippen LogP contribution in [-0.2, 0) is 10.0 Å². The average molecular weight is 289 g/mol. The minimum atomic E-state index is -3.04. The van der Waals surface area contributed by atoms with Crippen molar-refractivity contribution in [3.8, 4) is 0 Å². The molecule has 2 fully saturated rings. The number of rotatable bonds is 3. The van der Waals surface area contributed by atoms with Gasteiger partial charge in [0.1, 0.15) is 0 Å². The molecule has 0 amide bonds. The standard InChI is InChI=1S/C13H27N3O2S/c1-12-4-3-5-13(10-12,11-14)15-6-8-16(9-7-15)19(2,17)18/h12H,3-11,14H2,1-2H3. The first-order chi connectivity index (χ1) is 8.87. The third-order valence-electron chi connectivity index (χ3n) is 4.83. The molecule has 0 aromatic heterocycles. The Morgan fingerprint density at radius 3 is 2.37 bits per heavy atom. The van der Waals surface area contributed by atoms with Gasteiger partial charge in [0.25, 0.3) is 0 Å². The minimum absolute atomic E-state index is 0.112. The van der Waals surface area contributed by atoms with Crippen molar-refractivity contribution in [3.05, 3.63) is 0 Å². The summed E-state index contributed by atoms with van der Waals surface area (Å²) in [6.45, 7) is 5.84. The molecule has 1 heterocycles. The molecule has 0 spiro atoms. The fourth-order valence-electron chi connectivity index (χ4n) is 3.73. The zero-order valence-electron chi connectivity index (χ0n) is 12.1. The highest BCUT2D eigenvalue weighted by atomic mass is 32.2. The van der Waals surface area contributed by atoms with E-state index in [0.29, 0.717) is 19.6 Å². The number of nitrogens with zero attached hydrogens (tertiary/aromatic N) is 2. The van der Waals surface area contributed by atoms with E-state index in [0.717, 1.165) is 31.8 Å². The van der Waals surface area contributed by atoms with Gasteiger partial charge in [-0.25, -0.2) is 8.42 Å². The Morgan fingerprint density at radius 1 is 1.26 bits per heavy atom. The van der Waals surface area contributed by atoms with Gasteiger partial charge in [-0.1, -0.05) is 19.8 Å². The Labute approximate surface area is 117 Å². The quantitative estimate of drug-likeness (QED) is 0.820. The van der Waals surface area contributed by atoms with E-state index in [1.165, 1.54) is 19.1 Å². The SMILES string of the molecule is CC1CCCC(CN)(N2CCN(S(C)(=O)=O)CC2)C1. The Kier molecular flexibility index (Phi) is 4.55. The summed E-state index contributed by atoms with van der Waals surface area (Å²) in [4.78, 5) is 2.45. The fourth-order valence-corrected chi connectivity index (χ4v) is 4.55. The maximum absolute atomic E-state index is 11.6. The second-order valence-electron chi connectivity index (χ2n) is 6.28. The molecule has 2 aliphatic rings. The van der Waals surface area contributed by atoms with E-state index in [1.807, 2.05) is 0 Å². The van der Waals surface area contributed by atoms with Gasteiger partial charge in [-0.2, -0.15) is 4.31 Å². The van der Waals surface area contributed by atoms with Crippen molar-refractivity contribution in [2.75, 3.05) is 39.0 Å². The summed E-state index contributed by atoms with van der Waals surface area (Å²) in [5, 5.41) is 0. The highest BCUT2D eigenvalue weighted by molar-refractivity contribution is 7.88. The molecule has 1 aliphatic carbocycles. The molecule has 2 rings (SSSR count). The lowest BCUT2D eigenvalue weighted by Gasteiger charge is -2.50. The predicted octanol–water partition coefficient (Wildman–Crippen LogP) is 0.471. The normalized spacial score (nSPS) is 35.4. The second-order valence-corrected chi connectivity index (χ2v) is 8.26. The summed E-state index contributed by atoms with van der Waals surface area (Å²) >= 11 is 0. The molecular formula is C13H27N3O2S. The first kappa shape index (κ1) is 15.2. The third-order valence-corrected chi connectivity index (χ3v) is 6.13. The monoisotopic (exact) mass is 289 g/mol. The first-order valence-electron chi connectivity index (χ1n) is 7.28. The zero-order valence-corrected chi connectivity index (χ0v) is 13.0. The number of nitrogens with two attached hydrogens (primary N) is 1.